The zero-order valence-corrected chi connectivity index (χ0v) is 10.5. The van der Waals surface area contributed by atoms with Gasteiger partial charge in [0.2, 0.25) is 5.91 Å². The fraction of sp³-hybridized carbons (Fsp3) is 0.818. The monoisotopic (exact) mass is 245 g/mol. The van der Waals surface area contributed by atoms with Crippen molar-refractivity contribution in [1.29, 1.82) is 0 Å². The Morgan fingerprint density at radius 1 is 1.50 bits per heavy atom. The lowest BCUT2D eigenvalue weighted by molar-refractivity contribution is -0.151. The highest BCUT2D eigenvalue weighted by atomic mass is 32.1. The summed E-state index contributed by atoms with van der Waals surface area (Å²) in [4.78, 5) is 24.9. The molecule has 1 heterocycles. The molecule has 92 valence electrons. The number of carbonyl (C=O) groups is 2. The second kappa shape index (κ2) is 6.78. The van der Waals surface area contributed by atoms with Crippen molar-refractivity contribution in [3.05, 3.63) is 0 Å². The van der Waals surface area contributed by atoms with Crippen LogP contribution in [-0.4, -0.2) is 42.2 Å². The van der Waals surface area contributed by atoms with Crippen molar-refractivity contribution >= 4 is 24.5 Å². The molecule has 0 N–H and O–H groups in total. The van der Waals surface area contributed by atoms with Crippen molar-refractivity contribution in [3.8, 4) is 0 Å². The van der Waals surface area contributed by atoms with Gasteiger partial charge in [0.1, 0.15) is 0 Å². The third kappa shape index (κ3) is 3.70. The Balaban J connectivity index is 2.46. The lowest BCUT2D eigenvalue weighted by Gasteiger charge is -2.31. The van der Waals surface area contributed by atoms with E-state index in [1.165, 1.54) is 0 Å². The van der Waals surface area contributed by atoms with Gasteiger partial charge in [-0.3, -0.25) is 9.59 Å². The average molecular weight is 245 g/mol. The molecule has 1 fully saturated rings. The molecule has 0 bridgehead atoms. The molecule has 0 saturated carbocycles. The van der Waals surface area contributed by atoms with Gasteiger partial charge >= 0.3 is 5.97 Å². The number of hydrogen-bond acceptors (Lipinski definition) is 4. The first kappa shape index (κ1) is 13.4. The highest BCUT2D eigenvalue weighted by molar-refractivity contribution is 7.80. The maximum absolute atomic E-state index is 11.6. The molecule has 1 atom stereocenters. The molecule has 0 aromatic carbocycles. The molecular weight excluding hydrogens is 226 g/mol. The smallest absolute Gasteiger partial charge is 0.310 e. The molecule has 1 saturated heterocycles. The van der Waals surface area contributed by atoms with E-state index in [-0.39, 0.29) is 17.8 Å². The Morgan fingerprint density at radius 2 is 2.25 bits per heavy atom. The molecule has 0 aromatic rings. The van der Waals surface area contributed by atoms with Crippen LogP contribution in [0.1, 0.15) is 26.2 Å². The molecule has 1 aliphatic rings. The van der Waals surface area contributed by atoms with Crippen LogP contribution in [0.25, 0.3) is 0 Å². The minimum Gasteiger partial charge on any atom is -0.466 e. The van der Waals surface area contributed by atoms with E-state index >= 15 is 0 Å². The van der Waals surface area contributed by atoms with Crippen LogP contribution in [0.15, 0.2) is 0 Å². The molecule has 0 radical (unpaired) electrons. The zero-order valence-electron chi connectivity index (χ0n) is 9.65. The molecule has 1 amide bonds. The lowest BCUT2D eigenvalue weighted by atomic mass is 9.98. The van der Waals surface area contributed by atoms with Gasteiger partial charge in [0.05, 0.1) is 12.5 Å². The summed E-state index contributed by atoms with van der Waals surface area (Å²) in [5.41, 5.74) is 0. The number of piperidine rings is 1. The van der Waals surface area contributed by atoms with E-state index in [4.69, 9.17) is 4.74 Å². The molecule has 1 rings (SSSR count). The van der Waals surface area contributed by atoms with Crippen LogP contribution in [0.4, 0.5) is 0 Å². The number of esters is 1. The van der Waals surface area contributed by atoms with Gasteiger partial charge in [-0.1, -0.05) is 0 Å². The maximum Gasteiger partial charge on any atom is 0.310 e. The van der Waals surface area contributed by atoms with Gasteiger partial charge in [-0.25, -0.2) is 0 Å². The molecule has 5 heteroatoms. The second-order valence-corrected chi connectivity index (χ2v) is 4.35. The molecule has 0 spiro atoms. The summed E-state index contributed by atoms with van der Waals surface area (Å²) in [6.45, 7) is 3.46. The molecular formula is C11H19NO3S. The van der Waals surface area contributed by atoms with Gasteiger partial charge in [0, 0.05) is 19.5 Å². The quantitative estimate of drug-likeness (QED) is 0.596. The number of thiol groups is 1. The number of carbonyl (C=O) groups excluding carboxylic acids is 2. The Labute approximate surface area is 102 Å². The summed E-state index contributed by atoms with van der Waals surface area (Å²) in [6, 6.07) is 0. The molecule has 0 aromatic heterocycles. The predicted molar refractivity (Wildman–Crippen MR) is 64.4 cm³/mol. The van der Waals surface area contributed by atoms with E-state index in [2.05, 4.69) is 12.6 Å². The summed E-state index contributed by atoms with van der Waals surface area (Å²) in [5.74, 6) is 0.326. The molecule has 16 heavy (non-hydrogen) atoms. The SMILES string of the molecule is CCOC(=O)C1CCCN(C(=O)CCS)C1. The van der Waals surface area contributed by atoms with E-state index < -0.39 is 0 Å². The summed E-state index contributed by atoms with van der Waals surface area (Å²) >= 11 is 4.04. The number of amides is 1. The van der Waals surface area contributed by atoms with Crippen molar-refractivity contribution in [3.63, 3.8) is 0 Å². The van der Waals surface area contributed by atoms with Gasteiger partial charge in [-0.15, -0.1) is 0 Å². The second-order valence-electron chi connectivity index (χ2n) is 3.90. The van der Waals surface area contributed by atoms with E-state index in [0.717, 1.165) is 19.4 Å². The topological polar surface area (TPSA) is 46.6 Å². The van der Waals surface area contributed by atoms with Crippen molar-refractivity contribution in [1.82, 2.24) is 4.90 Å². The number of ether oxygens (including phenoxy) is 1. The van der Waals surface area contributed by atoms with Gasteiger partial charge in [0.15, 0.2) is 0 Å². The summed E-state index contributed by atoms with van der Waals surface area (Å²) in [7, 11) is 0. The van der Waals surface area contributed by atoms with Crippen LogP contribution in [0.2, 0.25) is 0 Å². The maximum atomic E-state index is 11.6. The highest BCUT2D eigenvalue weighted by Gasteiger charge is 2.28. The Hall–Kier alpha value is -0.710. The first-order valence-electron chi connectivity index (χ1n) is 5.74. The van der Waals surface area contributed by atoms with Crippen LogP contribution in [0.5, 0.6) is 0 Å². The van der Waals surface area contributed by atoms with Crippen LogP contribution >= 0.6 is 12.6 Å². The molecule has 1 unspecified atom stereocenters. The van der Waals surface area contributed by atoms with E-state index in [0.29, 0.717) is 25.3 Å². The summed E-state index contributed by atoms with van der Waals surface area (Å²) < 4.78 is 4.98. The summed E-state index contributed by atoms with van der Waals surface area (Å²) in [6.07, 6.45) is 2.14. The number of hydrogen-bond donors (Lipinski definition) is 1. The Bertz CT molecular complexity index is 234. The Morgan fingerprint density at radius 3 is 2.88 bits per heavy atom. The van der Waals surface area contributed by atoms with Crippen molar-refractivity contribution in [2.75, 3.05) is 25.4 Å². The largest absolute Gasteiger partial charge is 0.466 e. The minimum absolute atomic E-state index is 0.0870. The fourth-order valence-electron chi connectivity index (χ4n) is 1.91. The van der Waals surface area contributed by atoms with Crippen LogP contribution < -0.4 is 0 Å². The van der Waals surface area contributed by atoms with Crippen LogP contribution in [0.3, 0.4) is 0 Å². The van der Waals surface area contributed by atoms with Gasteiger partial charge in [0.25, 0.3) is 0 Å². The van der Waals surface area contributed by atoms with Crippen molar-refractivity contribution < 1.29 is 14.3 Å². The van der Waals surface area contributed by atoms with E-state index in [1.54, 1.807) is 11.8 Å². The molecule has 1 aliphatic heterocycles. The third-order valence-electron chi connectivity index (χ3n) is 2.72. The van der Waals surface area contributed by atoms with Crippen LogP contribution in [-0.2, 0) is 14.3 Å². The molecule has 0 aliphatic carbocycles. The average Bonchev–Trinajstić information content (AvgIpc) is 2.30. The predicted octanol–water partition coefficient (Wildman–Crippen LogP) is 1.11. The van der Waals surface area contributed by atoms with Crippen LogP contribution in [0, 0.1) is 5.92 Å². The standard InChI is InChI=1S/C11H19NO3S/c1-2-15-11(14)9-4-3-6-12(8-9)10(13)5-7-16/h9,16H,2-8H2,1H3. The Kier molecular flexibility index (Phi) is 5.66. The van der Waals surface area contributed by atoms with Crippen molar-refractivity contribution in [2.45, 2.75) is 26.2 Å². The number of nitrogens with zero attached hydrogens (tertiary/aromatic N) is 1. The van der Waals surface area contributed by atoms with Gasteiger partial charge < -0.3 is 9.64 Å². The minimum atomic E-state index is -0.175. The van der Waals surface area contributed by atoms with Gasteiger partial charge in [-0.2, -0.15) is 12.6 Å². The number of rotatable bonds is 4. The van der Waals surface area contributed by atoms with E-state index in [1.807, 2.05) is 0 Å². The highest BCUT2D eigenvalue weighted by Crippen LogP contribution is 2.18. The number of likely N-dealkylation sites (tertiary alicyclic amines) is 1. The van der Waals surface area contributed by atoms with E-state index in [9.17, 15) is 9.59 Å². The first-order valence-corrected chi connectivity index (χ1v) is 6.37. The fourth-order valence-corrected chi connectivity index (χ4v) is 2.10. The summed E-state index contributed by atoms with van der Waals surface area (Å²) in [5, 5.41) is 0. The normalized spacial score (nSPS) is 20.6. The lowest BCUT2D eigenvalue weighted by Crippen LogP contribution is -2.42. The first-order chi connectivity index (χ1) is 7.69. The van der Waals surface area contributed by atoms with Crippen molar-refractivity contribution in [2.24, 2.45) is 5.92 Å². The third-order valence-corrected chi connectivity index (χ3v) is 2.94. The zero-order chi connectivity index (χ0) is 12.0. The molecule has 4 nitrogen and oxygen atoms in total. The van der Waals surface area contributed by atoms with Gasteiger partial charge in [-0.05, 0) is 25.5 Å².